The molecule has 7 heteroatoms. The lowest BCUT2D eigenvalue weighted by atomic mass is 10.0. The van der Waals surface area contributed by atoms with E-state index in [0.717, 1.165) is 28.0 Å². The summed E-state index contributed by atoms with van der Waals surface area (Å²) >= 11 is 5.51. The third-order valence-electron chi connectivity index (χ3n) is 4.71. The summed E-state index contributed by atoms with van der Waals surface area (Å²) in [5, 5.41) is 4.15. The SMILES string of the molecule is COc1ccccc1-c1noc(CN(C)C2CCSc3ccc(Br)cc32)n1. The van der Waals surface area contributed by atoms with Crippen molar-refractivity contribution in [3.63, 3.8) is 0 Å². The van der Waals surface area contributed by atoms with E-state index in [-0.39, 0.29) is 0 Å². The van der Waals surface area contributed by atoms with Crippen molar-refractivity contribution in [3.05, 3.63) is 58.4 Å². The fourth-order valence-electron chi connectivity index (χ4n) is 3.39. The highest BCUT2D eigenvalue weighted by atomic mass is 79.9. The molecule has 4 rings (SSSR count). The summed E-state index contributed by atoms with van der Waals surface area (Å²) < 4.78 is 12.0. The number of ether oxygens (including phenoxy) is 1. The fraction of sp³-hybridized carbons (Fsp3) is 0.300. The first kappa shape index (κ1) is 18.5. The third-order valence-corrected chi connectivity index (χ3v) is 6.33. The Morgan fingerprint density at radius 2 is 2.15 bits per heavy atom. The molecule has 1 unspecified atom stereocenters. The monoisotopic (exact) mass is 445 g/mol. The van der Waals surface area contributed by atoms with Crippen molar-refractivity contribution in [3.8, 4) is 17.1 Å². The van der Waals surface area contributed by atoms with Gasteiger partial charge >= 0.3 is 0 Å². The van der Waals surface area contributed by atoms with E-state index in [0.29, 0.717) is 24.3 Å². The Morgan fingerprint density at radius 3 is 3.00 bits per heavy atom. The molecule has 27 heavy (non-hydrogen) atoms. The Labute approximate surface area is 171 Å². The molecule has 1 aliphatic rings. The van der Waals surface area contributed by atoms with E-state index in [1.165, 1.54) is 10.5 Å². The van der Waals surface area contributed by atoms with Crippen LogP contribution in [-0.4, -0.2) is 35.0 Å². The molecule has 0 N–H and O–H groups in total. The molecule has 0 saturated heterocycles. The van der Waals surface area contributed by atoms with Gasteiger partial charge in [-0.2, -0.15) is 4.98 Å². The van der Waals surface area contributed by atoms with Gasteiger partial charge in [0, 0.05) is 15.4 Å². The average molecular weight is 446 g/mol. The number of hydrogen-bond donors (Lipinski definition) is 0. The van der Waals surface area contributed by atoms with Crippen LogP contribution in [0.25, 0.3) is 11.4 Å². The van der Waals surface area contributed by atoms with Gasteiger partial charge in [-0.1, -0.05) is 33.2 Å². The minimum absolute atomic E-state index is 0.334. The molecule has 0 saturated carbocycles. The maximum Gasteiger partial charge on any atom is 0.241 e. The van der Waals surface area contributed by atoms with Crippen molar-refractivity contribution in [2.75, 3.05) is 19.9 Å². The number of rotatable bonds is 5. The van der Waals surface area contributed by atoms with Crippen LogP contribution in [0.5, 0.6) is 5.75 Å². The van der Waals surface area contributed by atoms with Crippen LogP contribution in [0.1, 0.15) is 23.9 Å². The Balaban J connectivity index is 1.54. The number of fused-ring (bicyclic) bond motifs is 1. The molecule has 0 fully saturated rings. The number of halogens is 1. The molecule has 0 bridgehead atoms. The molecule has 0 spiro atoms. The van der Waals surface area contributed by atoms with Gasteiger partial charge in [0.15, 0.2) is 0 Å². The van der Waals surface area contributed by atoms with Crippen LogP contribution in [0.4, 0.5) is 0 Å². The van der Waals surface area contributed by atoms with Crippen molar-refractivity contribution in [1.29, 1.82) is 0 Å². The van der Waals surface area contributed by atoms with Gasteiger partial charge in [0.2, 0.25) is 11.7 Å². The van der Waals surface area contributed by atoms with Crippen LogP contribution in [0, 0.1) is 0 Å². The first-order valence-corrected chi connectivity index (χ1v) is 10.5. The lowest BCUT2D eigenvalue weighted by Gasteiger charge is -2.32. The van der Waals surface area contributed by atoms with Crippen molar-refractivity contribution in [1.82, 2.24) is 15.0 Å². The molecular weight excluding hydrogens is 426 g/mol. The first-order valence-electron chi connectivity index (χ1n) is 8.74. The summed E-state index contributed by atoms with van der Waals surface area (Å²) in [5.74, 6) is 3.01. The smallest absolute Gasteiger partial charge is 0.241 e. The number of para-hydroxylation sites is 1. The summed E-state index contributed by atoms with van der Waals surface area (Å²) in [6.07, 6.45) is 1.10. The van der Waals surface area contributed by atoms with Gasteiger partial charge in [-0.25, -0.2) is 0 Å². The Hall–Kier alpha value is -1.83. The van der Waals surface area contributed by atoms with Gasteiger partial charge < -0.3 is 9.26 Å². The second-order valence-corrected chi connectivity index (χ2v) is 8.51. The second-order valence-electron chi connectivity index (χ2n) is 6.46. The Morgan fingerprint density at radius 1 is 1.30 bits per heavy atom. The Bertz CT molecular complexity index is 946. The zero-order valence-electron chi connectivity index (χ0n) is 15.2. The normalized spacial score (nSPS) is 16.4. The van der Waals surface area contributed by atoms with Crippen LogP contribution in [0.2, 0.25) is 0 Å². The predicted molar refractivity (Wildman–Crippen MR) is 110 cm³/mol. The lowest BCUT2D eigenvalue weighted by molar-refractivity contribution is 0.197. The summed E-state index contributed by atoms with van der Waals surface area (Å²) in [6, 6.07) is 14.5. The zero-order chi connectivity index (χ0) is 18.8. The van der Waals surface area contributed by atoms with Crippen molar-refractivity contribution in [2.24, 2.45) is 0 Å². The molecule has 3 aromatic rings. The van der Waals surface area contributed by atoms with Crippen LogP contribution in [0.3, 0.4) is 0 Å². The molecule has 5 nitrogen and oxygen atoms in total. The van der Waals surface area contributed by atoms with E-state index < -0.39 is 0 Å². The van der Waals surface area contributed by atoms with Crippen LogP contribution < -0.4 is 4.74 Å². The van der Waals surface area contributed by atoms with E-state index in [1.54, 1.807) is 7.11 Å². The minimum Gasteiger partial charge on any atom is -0.496 e. The van der Waals surface area contributed by atoms with Gasteiger partial charge in [0.25, 0.3) is 0 Å². The number of aromatic nitrogens is 2. The second kappa shape index (κ2) is 8.04. The third kappa shape index (κ3) is 3.90. The zero-order valence-corrected chi connectivity index (χ0v) is 17.6. The molecule has 0 aliphatic carbocycles. The first-order chi connectivity index (χ1) is 13.2. The molecule has 1 aliphatic heterocycles. The molecule has 0 radical (unpaired) electrons. The largest absolute Gasteiger partial charge is 0.496 e. The summed E-state index contributed by atoms with van der Waals surface area (Å²) in [4.78, 5) is 8.21. The maximum atomic E-state index is 5.52. The lowest BCUT2D eigenvalue weighted by Crippen LogP contribution is -2.27. The average Bonchev–Trinajstić information content (AvgIpc) is 3.15. The quantitative estimate of drug-likeness (QED) is 0.539. The fourth-order valence-corrected chi connectivity index (χ4v) is 4.85. The maximum absolute atomic E-state index is 5.52. The van der Waals surface area contributed by atoms with Gasteiger partial charge in [-0.05, 0) is 55.1 Å². The van der Waals surface area contributed by atoms with Gasteiger partial charge in [-0.15, -0.1) is 11.8 Å². The van der Waals surface area contributed by atoms with E-state index in [4.69, 9.17) is 9.26 Å². The standard InChI is InChI=1S/C20H20BrN3O2S/c1-24(16-9-10-27-18-8-7-13(21)11-15(16)18)12-19-22-20(23-26-19)14-5-3-4-6-17(14)25-2/h3-8,11,16H,9-10,12H2,1-2H3. The number of benzene rings is 2. The molecule has 2 aromatic carbocycles. The molecule has 2 heterocycles. The van der Waals surface area contributed by atoms with E-state index >= 15 is 0 Å². The highest BCUT2D eigenvalue weighted by Crippen LogP contribution is 2.40. The molecule has 0 amide bonds. The van der Waals surface area contributed by atoms with Gasteiger partial charge in [0.1, 0.15) is 5.75 Å². The van der Waals surface area contributed by atoms with Crippen molar-refractivity contribution >= 4 is 27.7 Å². The highest BCUT2D eigenvalue weighted by Gasteiger charge is 2.26. The summed E-state index contributed by atoms with van der Waals surface area (Å²) in [6.45, 7) is 0.601. The van der Waals surface area contributed by atoms with Crippen LogP contribution in [0.15, 0.2) is 56.4 Å². The summed E-state index contributed by atoms with van der Waals surface area (Å²) in [7, 11) is 3.75. The van der Waals surface area contributed by atoms with E-state index in [1.807, 2.05) is 36.0 Å². The molecule has 1 aromatic heterocycles. The molecule has 140 valence electrons. The van der Waals surface area contributed by atoms with Gasteiger partial charge in [0.05, 0.1) is 19.2 Å². The topological polar surface area (TPSA) is 51.4 Å². The molecule has 1 atom stereocenters. The summed E-state index contributed by atoms with van der Waals surface area (Å²) in [5.41, 5.74) is 2.19. The highest BCUT2D eigenvalue weighted by molar-refractivity contribution is 9.10. The van der Waals surface area contributed by atoms with E-state index in [9.17, 15) is 0 Å². The van der Waals surface area contributed by atoms with Crippen molar-refractivity contribution in [2.45, 2.75) is 23.9 Å². The number of hydrogen-bond acceptors (Lipinski definition) is 6. The minimum atomic E-state index is 0.334. The number of thioether (sulfide) groups is 1. The van der Waals surface area contributed by atoms with Crippen LogP contribution in [-0.2, 0) is 6.54 Å². The number of nitrogens with zero attached hydrogens (tertiary/aromatic N) is 3. The van der Waals surface area contributed by atoms with E-state index in [2.05, 4.69) is 56.2 Å². The van der Waals surface area contributed by atoms with Gasteiger partial charge in [-0.3, -0.25) is 4.90 Å². The predicted octanol–water partition coefficient (Wildman–Crippen LogP) is 5.18. The molecular formula is C20H20BrN3O2S. The Kier molecular flexibility index (Phi) is 5.52. The van der Waals surface area contributed by atoms with Crippen molar-refractivity contribution < 1.29 is 9.26 Å². The number of methoxy groups -OCH3 is 1. The van der Waals surface area contributed by atoms with Crippen LogP contribution >= 0.6 is 27.7 Å².